The first kappa shape index (κ1) is 15.6. The summed E-state index contributed by atoms with van der Waals surface area (Å²) in [6.45, 7) is 3.22. The Morgan fingerprint density at radius 3 is 2.32 bits per heavy atom. The van der Waals surface area contributed by atoms with Gasteiger partial charge in [-0.3, -0.25) is 0 Å². The van der Waals surface area contributed by atoms with E-state index in [2.05, 4.69) is 6.92 Å². The summed E-state index contributed by atoms with van der Waals surface area (Å²) in [6.07, 6.45) is 16.3. The second-order valence-corrected chi connectivity index (χ2v) is 7.15. The van der Waals surface area contributed by atoms with Crippen molar-refractivity contribution in [1.82, 2.24) is 0 Å². The highest BCUT2D eigenvalue weighted by molar-refractivity contribution is 6.21. The van der Waals surface area contributed by atoms with Gasteiger partial charge in [0.2, 0.25) is 0 Å². The Labute approximate surface area is 124 Å². The van der Waals surface area contributed by atoms with Crippen molar-refractivity contribution in [3.05, 3.63) is 0 Å². The van der Waals surface area contributed by atoms with Crippen LogP contribution in [-0.4, -0.2) is 18.1 Å². The van der Waals surface area contributed by atoms with Crippen LogP contribution in [0.2, 0.25) is 0 Å². The van der Waals surface area contributed by atoms with Gasteiger partial charge in [0, 0.05) is 17.4 Å². The molecule has 2 aliphatic rings. The summed E-state index contributed by atoms with van der Waals surface area (Å²) in [7, 11) is 0. The molecule has 0 aliphatic heterocycles. The third-order valence-electron chi connectivity index (χ3n) is 5.29. The van der Waals surface area contributed by atoms with Gasteiger partial charge in [0.05, 0.1) is 6.10 Å². The lowest BCUT2D eigenvalue weighted by Gasteiger charge is -2.53. The van der Waals surface area contributed by atoms with Crippen molar-refractivity contribution in [2.24, 2.45) is 5.41 Å². The summed E-state index contributed by atoms with van der Waals surface area (Å²) in [4.78, 5) is 0. The van der Waals surface area contributed by atoms with Crippen LogP contribution < -0.4 is 0 Å². The predicted octanol–water partition coefficient (Wildman–Crippen LogP) is 5.69. The van der Waals surface area contributed by atoms with Crippen LogP contribution >= 0.6 is 11.6 Å². The Bertz CT molecular complexity index is 246. The zero-order valence-electron chi connectivity index (χ0n) is 12.6. The molecule has 0 amide bonds. The maximum atomic E-state index is 6.55. The number of rotatable bonds is 7. The fraction of sp³-hybridized carbons (Fsp3) is 1.00. The molecular weight excluding hydrogens is 256 g/mol. The minimum atomic E-state index is 0.349. The summed E-state index contributed by atoms with van der Waals surface area (Å²) in [6, 6.07) is 0. The minimum absolute atomic E-state index is 0.349. The van der Waals surface area contributed by atoms with Crippen molar-refractivity contribution in [3.63, 3.8) is 0 Å². The van der Waals surface area contributed by atoms with Crippen LogP contribution in [0.5, 0.6) is 0 Å². The molecule has 2 heteroatoms. The van der Waals surface area contributed by atoms with Gasteiger partial charge in [-0.2, -0.15) is 0 Å². The number of alkyl halides is 1. The van der Waals surface area contributed by atoms with E-state index in [1.54, 1.807) is 0 Å². The fourth-order valence-electron chi connectivity index (χ4n) is 3.89. The van der Waals surface area contributed by atoms with Gasteiger partial charge in [-0.05, 0) is 25.7 Å². The van der Waals surface area contributed by atoms with Crippen molar-refractivity contribution in [3.8, 4) is 0 Å². The largest absolute Gasteiger partial charge is 0.378 e. The highest BCUT2D eigenvalue weighted by Crippen LogP contribution is 2.55. The zero-order chi connectivity index (χ0) is 13.6. The molecule has 1 spiro atoms. The van der Waals surface area contributed by atoms with E-state index in [9.17, 15) is 0 Å². The standard InChI is InChI=1S/C17H31ClO/c1-2-3-4-7-10-13-19-16-14-15(18)17(16)11-8-5-6-9-12-17/h15-16H,2-14H2,1H3. The third kappa shape index (κ3) is 3.88. The normalized spacial score (nSPS) is 30.0. The van der Waals surface area contributed by atoms with E-state index in [1.807, 2.05) is 0 Å². The average molecular weight is 287 g/mol. The lowest BCUT2D eigenvalue weighted by atomic mass is 9.61. The molecule has 1 nitrogen and oxygen atoms in total. The smallest absolute Gasteiger partial charge is 0.0659 e. The minimum Gasteiger partial charge on any atom is -0.378 e. The molecule has 2 fully saturated rings. The monoisotopic (exact) mass is 286 g/mol. The maximum absolute atomic E-state index is 6.55. The summed E-state index contributed by atoms with van der Waals surface area (Å²) in [5, 5.41) is 0.385. The Balaban J connectivity index is 1.68. The fourth-order valence-corrected chi connectivity index (χ4v) is 4.41. The SMILES string of the molecule is CCCCCCCOC1CC(Cl)C12CCCCCC2. The molecule has 0 aromatic carbocycles. The Morgan fingerprint density at radius 2 is 1.68 bits per heavy atom. The van der Waals surface area contributed by atoms with Gasteiger partial charge in [0.1, 0.15) is 0 Å². The molecule has 0 N–H and O–H groups in total. The van der Waals surface area contributed by atoms with Gasteiger partial charge in [-0.15, -0.1) is 11.6 Å². The van der Waals surface area contributed by atoms with Crippen molar-refractivity contribution >= 4 is 11.6 Å². The van der Waals surface area contributed by atoms with Crippen LogP contribution in [0.15, 0.2) is 0 Å². The molecule has 2 rings (SSSR count). The van der Waals surface area contributed by atoms with Crippen LogP contribution in [-0.2, 0) is 4.74 Å². The number of unbranched alkanes of at least 4 members (excludes halogenated alkanes) is 4. The quantitative estimate of drug-likeness (QED) is 0.431. The molecule has 0 saturated heterocycles. The number of hydrogen-bond acceptors (Lipinski definition) is 1. The van der Waals surface area contributed by atoms with Gasteiger partial charge in [-0.1, -0.05) is 58.3 Å². The molecule has 0 aromatic rings. The van der Waals surface area contributed by atoms with Gasteiger partial charge in [0.15, 0.2) is 0 Å². The zero-order valence-corrected chi connectivity index (χ0v) is 13.4. The van der Waals surface area contributed by atoms with Gasteiger partial charge >= 0.3 is 0 Å². The molecule has 0 aromatic heterocycles. The van der Waals surface area contributed by atoms with Gasteiger partial charge in [0.25, 0.3) is 0 Å². The van der Waals surface area contributed by atoms with Crippen molar-refractivity contribution < 1.29 is 4.74 Å². The van der Waals surface area contributed by atoms with E-state index in [-0.39, 0.29) is 0 Å². The topological polar surface area (TPSA) is 9.23 Å². The number of halogens is 1. The average Bonchev–Trinajstić information content (AvgIpc) is 2.69. The Kier molecular flexibility index (Phi) is 6.49. The molecule has 2 aliphatic carbocycles. The summed E-state index contributed by atoms with van der Waals surface area (Å²) in [5.41, 5.74) is 0.349. The van der Waals surface area contributed by atoms with E-state index in [0.717, 1.165) is 13.0 Å². The van der Waals surface area contributed by atoms with Crippen LogP contribution in [0.1, 0.15) is 84.0 Å². The lowest BCUT2D eigenvalue weighted by Crippen LogP contribution is -2.55. The molecule has 0 radical (unpaired) electrons. The highest BCUT2D eigenvalue weighted by Gasteiger charge is 2.54. The second kappa shape index (κ2) is 7.88. The first-order chi connectivity index (χ1) is 9.29. The van der Waals surface area contributed by atoms with Crippen LogP contribution in [0, 0.1) is 5.41 Å². The van der Waals surface area contributed by atoms with E-state index < -0.39 is 0 Å². The summed E-state index contributed by atoms with van der Waals surface area (Å²) in [5.74, 6) is 0. The van der Waals surface area contributed by atoms with Crippen molar-refractivity contribution in [1.29, 1.82) is 0 Å². The number of ether oxygens (including phenoxy) is 1. The van der Waals surface area contributed by atoms with Crippen molar-refractivity contribution in [2.45, 2.75) is 95.5 Å². The lowest BCUT2D eigenvalue weighted by molar-refractivity contribution is -0.115. The first-order valence-electron chi connectivity index (χ1n) is 8.55. The van der Waals surface area contributed by atoms with E-state index >= 15 is 0 Å². The molecule has 19 heavy (non-hydrogen) atoms. The molecule has 0 bridgehead atoms. The van der Waals surface area contributed by atoms with Crippen LogP contribution in [0.25, 0.3) is 0 Å². The predicted molar refractivity (Wildman–Crippen MR) is 82.9 cm³/mol. The maximum Gasteiger partial charge on any atom is 0.0659 e. The molecule has 0 heterocycles. The van der Waals surface area contributed by atoms with Crippen molar-refractivity contribution in [2.75, 3.05) is 6.61 Å². The van der Waals surface area contributed by atoms with Crippen LogP contribution in [0.3, 0.4) is 0 Å². The number of hydrogen-bond donors (Lipinski definition) is 0. The summed E-state index contributed by atoms with van der Waals surface area (Å²) >= 11 is 6.55. The van der Waals surface area contributed by atoms with E-state index in [4.69, 9.17) is 16.3 Å². The molecule has 2 unspecified atom stereocenters. The molecule has 2 atom stereocenters. The molecular formula is C17H31ClO. The Hall–Kier alpha value is 0.250. The summed E-state index contributed by atoms with van der Waals surface area (Å²) < 4.78 is 6.19. The van der Waals surface area contributed by atoms with Gasteiger partial charge in [-0.25, -0.2) is 0 Å². The Morgan fingerprint density at radius 1 is 1.00 bits per heavy atom. The van der Waals surface area contributed by atoms with Gasteiger partial charge < -0.3 is 4.74 Å². The van der Waals surface area contributed by atoms with E-state index in [1.165, 1.54) is 70.6 Å². The second-order valence-electron chi connectivity index (χ2n) is 6.62. The van der Waals surface area contributed by atoms with Crippen LogP contribution in [0.4, 0.5) is 0 Å². The molecule has 2 saturated carbocycles. The van der Waals surface area contributed by atoms with E-state index in [0.29, 0.717) is 16.9 Å². The highest BCUT2D eigenvalue weighted by atomic mass is 35.5. The third-order valence-corrected chi connectivity index (χ3v) is 5.90. The molecule has 112 valence electrons. The first-order valence-corrected chi connectivity index (χ1v) is 8.99.